The average molecular weight is 335 g/mol. The second-order valence-corrected chi connectivity index (χ2v) is 6.87. The van der Waals surface area contributed by atoms with E-state index in [1.807, 2.05) is 20.1 Å². The van der Waals surface area contributed by atoms with E-state index >= 15 is 0 Å². The fourth-order valence-electron chi connectivity index (χ4n) is 1.20. The van der Waals surface area contributed by atoms with E-state index in [0.29, 0.717) is 16.6 Å². The van der Waals surface area contributed by atoms with Crippen LogP contribution in [0.5, 0.6) is 0 Å². The SMILES string of the molecule is CSC(C)(C)CNC(=O)c1cc(N)c(F)cc1Br. The Balaban J connectivity index is 2.82. The number of amides is 1. The summed E-state index contributed by atoms with van der Waals surface area (Å²) in [5.74, 6) is -0.807. The first-order valence-corrected chi connectivity index (χ1v) is 7.36. The van der Waals surface area contributed by atoms with Crippen molar-refractivity contribution in [3.63, 3.8) is 0 Å². The van der Waals surface area contributed by atoms with Gasteiger partial charge < -0.3 is 11.1 Å². The Morgan fingerprint density at radius 3 is 2.72 bits per heavy atom. The van der Waals surface area contributed by atoms with E-state index in [9.17, 15) is 9.18 Å². The number of hydrogen-bond acceptors (Lipinski definition) is 3. The maximum Gasteiger partial charge on any atom is 0.252 e. The van der Waals surface area contributed by atoms with E-state index in [4.69, 9.17) is 5.73 Å². The van der Waals surface area contributed by atoms with Gasteiger partial charge in [-0.15, -0.1) is 0 Å². The van der Waals surface area contributed by atoms with Gasteiger partial charge >= 0.3 is 0 Å². The monoisotopic (exact) mass is 334 g/mol. The smallest absolute Gasteiger partial charge is 0.252 e. The highest BCUT2D eigenvalue weighted by Gasteiger charge is 2.19. The van der Waals surface area contributed by atoms with E-state index in [1.54, 1.807) is 11.8 Å². The van der Waals surface area contributed by atoms with Crippen molar-refractivity contribution in [1.29, 1.82) is 0 Å². The number of nitrogen functional groups attached to an aromatic ring is 1. The van der Waals surface area contributed by atoms with Crippen molar-refractivity contribution in [3.8, 4) is 0 Å². The molecule has 1 amide bonds. The van der Waals surface area contributed by atoms with E-state index in [2.05, 4.69) is 21.2 Å². The first-order valence-electron chi connectivity index (χ1n) is 5.34. The molecule has 1 aromatic carbocycles. The van der Waals surface area contributed by atoms with Gasteiger partial charge in [0.2, 0.25) is 0 Å². The zero-order valence-electron chi connectivity index (χ0n) is 10.5. The van der Waals surface area contributed by atoms with Crippen molar-refractivity contribution in [2.24, 2.45) is 0 Å². The molecule has 0 saturated carbocycles. The molecular formula is C12H16BrFN2OS. The number of hydrogen-bond donors (Lipinski definition) is 2. The predicted octanol–water partition coefficient (Wildman–Crippen LogP) is 3.04. The zero-order valence-corrected chi connectivity index (χ0v) is 12.9. The highest BCUT2D eigenvalue weighted by molar-refractivity contribution is 9.10. The number of carbonyl (C=O) groups excluding carboxylic acids is 1. The molecule has 1 rings (SSSR count). The molecule has 0 fully saturated rings. The molecule has 0 heterocycles. The van der Waals surface area contributed by atoms with Crippen LogP contribution in [0, 0.1) is 5.82 Å². The Hall–Kier alpha value is -0.750. The number of nitrogens with two attached hydrogens (primary N) is 1. The molecule has 0 aliphatic carbocycles. The van der Waals surface area contributed by atoms with E-state index in [1.165, 1.54) is 12.1 Å². The standard InChI is InChI=1S/C12H16BrFN2OS/c1-12(2,18-3)6-16-11(17)7-4-10(15)9(14)5-8(7)13/h4-5H,6,15H2,1-3H3,(H,16,17). The molecule has 0 bridgehead atoms. The topological polar surface area (TPSA) is 55.1 Å². The lowest BCUT2D eigenvalue weighted by molar-refractivity contribution is 0.0950. The molecule has 0 unspecified atom stereocenters. The van der Waals surface area contributed by atoms with Crippen LogP contribution in [-0.4, -0.2) is 23.5 Å². The molecule has 0 aliphatic heterocycles. The molecule has 3 nitrogen and oxygen atoms in total. The second-order valence-electron chi connectivity index (χ2n) is 4.50. The van der Waals surface area contributed by atoms with Crippen molar-refractivity contribution in [3.05, 3.63) is 28.0 Å². The van der Waals surface area contributed by atoms with Crippen LogP contribution in [0.1, 0.15) is 24.2 Å². The molecule has 0 aromatic heterocycles. The normalized spacial score (nSPS) is 11.4. The van der Waals surface area contributed by atoms with Gasteiger partial charge in [-0.2, -0.15) is 11.8 Å². The van der Waals surface area contributed by atoms with Gasteiger partial charge in [-0.05, 0) is 48.2 Å². The van der Waals surface area contributed by atoms with Gasteiger partial charge in [0.25, 0.3) is 5.91 Å². The lowest BCUT2D eigenvalue weighted by Gasteiger charge is -2.22. The van der Waals surface area contributed by atoms with Gasteiger partial charge in [0.05, 0.1) is 11.3 Å². The van der Waals surface area contributed by atoms with Crippen LogP contribution in [0.4, 0.5) is 10.1 Å². The van der Waals surface area contributed by atoms with Gasteiger partial charge in [-0.25, -0.2) is 4.39 Å². The van der Waals surface area contributed by atoms with Gasteiger partial charge in [-0.1, -0.05) is 0 Å². The van der Waals surface area contributed by atoms with Crippen LogP contribution in [0.2, 0.25) is 0 Å². The summed E-state index contributed by atoms with van der Waals surface area (Å²) in [6.45, 7) is 4.59. The number of nitrogens with one attached hydrogen (secondary N) is 1. The number of halogens is 2. The fraction of sp³-hybridized carbons (Fsp3) is 0.417. The van der Waals surface area contributed by atoms with E-state index < -0.39 is 5.82 Å². The highest BCUT2D eigenvalue weighted by atomic mass is 79.9. The van der Waals surface area contributed by atoms with Crippen molar-refractivity contribution in [2.45, 2.75) is 18.6 Å². The highest BCUT2D eigenvalue weighted by Crippen LogP contribution is 2.24. The van der Waals surface area contributed by atoms with Crippen molar-refractivity contribution >= 4 is 39.3 Å². The lowest BCUT2D eigenvalue weighted by Crippen LogP contribution is -2.36. The molecule has 100 valence electrons. The largest absolute Gasteiger partial charge is 0.396 e. The average Bonchev–Trinajstić information content (AvgIpc) is 2.31. The summed E-state index contributed by atoms with van der Waals surface area (Å²) < 4.78 is 13.5. The zero-order chi connectivity index (χ0) is 13.9. The quantitative estimate of drug-likeness (QED) is 0.832. The number of rotatable bonds is 4. The van der Waals surface area contributed by atoms with Gasteiger partial charge in [0.1, 0.15) is 5.82 Å². The minimum atomic E-state index is -0.539. The summed E-state index contributed by atoms with van der Waals surface area (Å²) in [5, 5.41) is 2.81. The Bertz CT molecular complexity index is 466. The van der Waals surface area contributed by atoms with Crippen molar-refractivity contribution in [2.75, 3.05) is 18.5 Å². The van der Waals surface area contributed by atoms with Crippen LogP contribution in [0.25, 0.3) is 0 Å². The summed E-state index contributed by atoms with van der Waals surface area (Å²) in [4.78, 5) is 12.0. The Morgan fingerprint density at radius 1 is 1.56 bits per heavy atom. The third-order valence-corrected chi connectivity index (χ3v) is 4.46. The van der Waals surface area contributed by atoms with Gasteiger partial charge in [0.15, 0.2) is 0 Å². The first kappa shape index (κ1) is 15.3. The third-order valence-electron chi connectivity index (χ3n) is 2.56. The minimum absolute atomic E-state index is 0.0347. The molecule has 3 N–H and O–H groups in total. The van der Waals surface area contributed by atoms with Crippen LogP contribution >= 0.6 is 27.7 Å². The maximum absolute atomic E-state index is 13.2. The number of benzene rings is 1. The van der Waals surface area contributed by atoms with Crippen LogP contribution in [-0.2, 0) is 0 Å². The number of carbonyl (C=O) groups is 1. The summed E-state index contributed by atoms with van der Waals surface area (Å²) in [6, 6.07) is 2.53. The summed E-state index contributed by atoms with van der Waals surface area (Å²) in [5.41, 5.74) is 5.76. The minimum Gasteiger partial charge on any atom is -0.396 e. The Kier molecular flexibility index (Phi) is 5.04. The molecule has 1 aromatic rings. The lowest BCUT2D eigenvalue weighted by atomic mass is 10.1. The van der Waals surface area contributed by atoms with Crippen LogP contribution in [0.15, 0.2) is 16.6 Å². The molecular weight excluding hydrogens is 319 g/mol. The van der Waals surface area contributed by atoms with Gasteiger partial charge in [0, 0.05) is 15.8 Å². The van der Waals surface area contributed by atoms with Crippen molar-refractivity contribution in [1.82, 2.24) is 5.32 Å². The fourth-order valence-corrected chi connectivity index (χ4v) is 1.91. The third kappa shape index (κ3) is 3.88. The summed E-state index contributed by atoms with van der Waals surface area (Å²) >= 11 is 4.82. The molecule has 0 spiro atoms. The first-order chi connectivity index (χ1) is 8.26. The number of anilines is 1. The summed E-state index contributed by atoms with van der Waals surface area (Å²) in [6.07, 6.45) is 1.98. The predicted molar refractivity (Wildman–Crippen MR) is 78.4 cm³/mol. The molecule has 6 heteroatoms. The molecule has 0 radical (unpaired) electrons. The molecule has 0 saturated heterocycles. The van der Waals surface area contributed by atoms with Crippen LogP contribution < -0.4 is 11.1 Å². The van der Waals surface area contributed by atoms with E-state index in [-0.39, 0.29) is 16.3 Å². The summed E-state index contributed by atoms with van der Waals surface area (Å²) in [7, 11) is 0. The number of thioether (sulfide) groups is 1. The molecule has 0 atom stereocenters. The Morgan fingerprint density at radius 2 is 2.17 bits per heavy atom. The second kappa shape index (κ2) is 5.93. The maximum atomic E-state index is 13.2. The van der Waals surface area contributed by atoms with Gasteiger partial charge in [-0.3, -0.25) is 4.79 Å². The Labute approximate surface area is 119 Å². The van der Waals surface area contributed by atoms with E-state index in [0.717, 1.165) is 0 Å². The van der Waals surface area contributed by atoms with Crippen LogP contribution in [0.3, 0.4) is 0 Å². The molecule has 0 aliphatic rings. The molecule has 18 heavy (non-hydrogen) atoms. The van der Waals surface area contributed by atoms with Crippen molar-refractivity contribution < 1.29 is 9.18 Å².